The van der Waals surface area contributed by atoms with E-state index in [0.717, 1.165) is 19.3 Å². The first-order valence-electron chi connectivity index (χ1n) is 7.52. The summed E-state index contributed by atoms with van der Waals surface area (Å²) in [7, 11) is 1.35. The van der Waals surface area contributed by atoms with E-state index in [1.54, 1.807) is 0 Å². The zero-order valence-corrected chi connectivity index (χ0v) is 13.3. The highest BCUT2D eigenvalue weighted by Crippen LogP contribution is 2.50. The highest BCUT2D eigenvalue weighted by atomic mass is 16.6. The number of esters is 1. The van der Waals surface area contributed by atoms with E-state index in [4.69, 9.17) is 15.2 Å². The summed E-state index contributed by atoms with van der Waals surface area (Å²) in [4.78, 5) is 25.7. The summed E-state index contributed by atoms with van der Waals surface area (Å²) in [6.07, 6.45) is 3.11. The van der Waals surface area contributed by atoms with E-state index >= 15 is 0 Å². The molecule has 1 saturated carbocycles. The number of hydrogen-bond acceptors (Lipinski definition) is 5. The van der Waals surface area contributed by atoms with Crippen molar-refractivity contribution in [3.63, 3.8) is 0 Å². The van der Waals surface area contributed by atoms with Gasteiger partial charge in [-0.25, -0.2) is 4.79 Å². The summed E-state index contributed by atoms with van der Waals surface area (Å²) < 4.78 is 10.2. The Balaban J connectivity index is 2.01. The Morgan fingerprint density at radius 3 is 2.43 bits per heavy atom. The molecule has 2 aliphatic rings. The summed E-state index contributed by atoms with van der Waals surface area (Å²) in [5.74, 6) is -0.305. The number of nitrogens with zero attached hydrogens (tertiary/aromatic N) is 1. The third-order valence-corrected chi connectivity index (χ3v) is 4.36. The Bertz CT molecular complexity index is 426. The van der Waals surface area contributed by atoms with Crippen LogP contribution in [0, 0.1) is 5.92 Å². The van der Waals surface area contributed by atoms with Crippen LogP contribution < -0.4 is 5.73 Å². The predicted octanol–water partition coefficient (Wildman–Crippen LogP) is 1.67. The quantitative estimate of drug-likeness (QED) is 0.784. The van der Waals surface area contributed by atoms with Crippen LogP contribution in [0.15, 0.2) is 0 Å². The standard InChI is InChI=1S/C15H26N2O4/c1-14(2,3)21-13(19)17-8-5-10(9-15(17)6-7-15)11(16)12(18)20-4/h10-11H,5-9,16H2,1-4H3/t10?,11-/m1/s1. The molecule has 0 aromatic rings. The topological polar surface area (TPSA) is 81.9 Å². The molecule has 1 amide bonds. The molecule has 2 fully saturated rings. The van der Waals surface area contributed by atoms with Crippen molar-refractivity contribution in [3.8, 4) is 0 Å². The molecular formula is C15H26N2O4. The van der Waals surface area contributed by atoms with Crippen molar-refractivity contribution in [1.29, 1.82) is 0 Å². The molecular weight excluding hydrogens is 272 g/mol. The molecule has 1 heterocycles. The van der Waals surface area contributed by atoms with Crippen LogP contribution in [0.2, 0.25) is 0 Å². The Morgan fingerprint density at radius 2 is 1.95 bits per heavy atom. The average molecular weight is 298 g/mol. The van der Waals surface area contributed by atoms with Gasteiger partial charge in [0.05, 0.1) is 7.11 Å². The van der Waals surface area contributed by atoms with Crippen LogP contribution in [-0.4, -0.2) is 47.8 Å². The Hall–Kier alpha value is -1.30. The predicted molar refractivity (Wildman–Crippen MR) is 77.6 cm³/mol. The van der Waals surface area contributed by atoms with Crippen molar-refractivity contribution in [2.75, 3.05) is 13.7 Å². The molecule has 21 heavy (non-hydrogen) atoms. The lowest BCUT2D eigenvalue weighted by Crippen LogP contribution is -2.53. The number of amides is 1. The van der Waals surface area contributed by atoms with Gasteiger partial charge in [0, 0.05) is 12.1 Å². The summed E-state index contributed by atoms with van der Waals surface area (Å²) in [6.45, 7) is 6.18. The molecule has 0 aromatic carbocycles. The molecule has 2 rings (SSSR count). The van der Waals surface area contributed by atoms with Crippen LogP contribution in [0.1, 0.15) is 46.5 Å². The number of methoxy groups -OCH3 is 1. The van der Waals surface area contributed by atoms with E-state index in [2.05, 4.69) is 0 Å². The number of ether oxygens (including phenoxy) is 2. The molecule has 2 N–H and O–H groups in total. The number of nitrogens with two attached hydrogens (primary N) is 1. The van der Waals surface area contributed by atoms with Gasteiger partial charge in [-0.3, -0.25) is 4.79 Å². The Kier molecular flexibility index (Phi) is 4.19. The second-order valence-corrected chi connectivity index (χ2v) is 7.16. The van der Waals surface area contributed by atoms with Crippen LogP contribution in [0.4, 0.5) is 4.79 Å². The van der Waals surface area contributed by atoms with E-state index in [0.29, 0.717) is 13.0 Å². The van der Waals surface area contributed by atoms with E-state index in [9.17, 15) is 9.59 Å². The second kappa shape index (κ2) is 5.48. The molecule has 0 bridgehead atoms. The lowest BCUT2D eigenvalue weighted by atomic mass is 9.84. The molecule has 1 spiro atoms. The number of carbonyl (C=O) groups is 2. The molecule has 1 aliphatic carbocycles. The zero-order valence-electron chi connectivity index (χ0n) is 13.3. The maximum Gasteiger partial charge on any atom is 0.410 e. The van der Waals surface area contributed by atoms with Crippen LogP contribution in [0.3, 0.4) is 0 Å². The van der Waals surface area contributed by atoms with Crippen LogP contribution >= 0.6 is 0 Å². The third-order valence-electron chi connectivity index (χ3n) is 4.36. The molecule has 6 heteroatoms. The van der Waals surface area contributed by atoms with Gasteiger partial charge in [-0.2, -0.15) is 0 Å². The molecule has 120 valence electrons. The van der Waals surface area contributed by atoms with Crippen molar-refractivity contribution in [2.24, 2.45) is 11.7 Å². The molecule has 1 unspecified atom stereocenters. The highest BCUT2D eigenvalue weighted by molar-refractivity contribution is 5.76. The molecule has 6 nitrogen and oxygen atoms in total. The maximum absolute atomic E-state index is 12.3. The fourth-order valence-electron chi connectivity index (χ4n) is 3.09. The van der Waals surface area contributed by atoms with Crippen molar-refractivity contribution >= 4 is 12.1 Å². The molecule has 0 radical (unpaired) electrons. The fraction of sp³-hybridized carbons (Fsp3) is 0.867. The average Bonchev–Trinajstić information content (AvgIpc) is 3.14. The van der Waals surface area contributed by atoms with Gasteiger partial charge in [-0.15, -0.1) is 0 Å². The molecule has 1 saturated heterocycles. The molecule has 1 aliphatic heterocycles. The van der Waals surface area contributed by atoms with Crippen molar-refractivity contribution in [3.05, 3.63) is 0 Å². The van der Waals surface area contributed by atoms with Gasteiger partial charge in [0.25, 0.3) is 0 Å². The normalized spacial score (nSPS) is 25.4. The van der Waals surface area contributed by atoms with E-state index in [-0.39, 0.29) is 23.5 Å². The monoisotopic (exact) mass is 298 g/mol. The van der Waals surface area contributed by atoms with E-state index in [1.807, 2.05) is 25.7 Å². The Labute approximate surface area is 125 Å². The van der Waals surface area contributed by atoms with Gasteiger partial charge >= 0.3 is 12.1 Å². The largest absolute Gasteiger partial charge is 0.468 e. The number of carbonyl (C=O) groups excluding carboxylic acids is 2. The minimum absolute atomic E-state index is 0.0682. The fourth-order valence-corrected chi connectivity index (χ4v) is 3.09. The molecule has 0 aromatic heterocycles. The summed E-state index contributed by atoms with van der Waals surface area (Å²) in [5.41, 5.74) is 5.32. The molecule has 2 atom stereocenters. The van der Waals surface area contributed by atoms with Crippen molar-refractivity contribution in [1.82, 2.24) is 4.90 Å². The lowest BCUT2D eigenvalue weighted by Gasteiger charge is -2.41. The maximum atomic E-state index is 12.3. The number of rotatable bonds is 2. The zero-order chi connectivity index (χ0) is 15.8. The van der Waals surface area contributed by atoms with Gasteiger partial charge in [0.15, 0.2) is 0 Å². The lowest BCUT2D eigenvalue weighted by molar-refractivity contribution is -0.144. The summed E-state index contributed by atoms with van der Waals surface area (Å²) in [5, 5.41) is 0. The second-order valence-electron chi connectivity index (χ2n) is 7.16. The number of hydrogen-bond donors (Lipinski definition) is 1. The van der Waals surface area contributed by atoms with Crippen LogP contribution in [0.5, 0.6) is 0 Å². The smallest absolute Gasteiger partial charge is 0.410 e. The summed E-state index contributed by atoms with van der Waals surface area (Å²) >= 11 is 0. The minimum atomic E-state index is -0.603. The first-order valence-corrected chi connectivity index (χ1v) is 7.52. The van der Waals surface area contributed by atoms with Crippen molar-refractivity contribution < 1.29 is 19.1 Å². The van der Waals surface area contributed by atoms with Gasteiger partial charge in [-0.05, 0) is 52.4 Å². The SMILES string of the molecule is COC(=O)[C@H](N)C1CCN(C(=O)OC(C)(C)C)C2(CC2)C1. The van der Waals surface area contributed by atoms with Crippen LogP contribution in [0.25, 0.3) is 0 Å². The first kappa shape index (κ1) is 16.1. The summed E-state index contributed by atoms with van der Waals surface area (Å²) in [6, 6.07) is -0.603. The van der Waals surface area contributed by atoms with Gasteiger partial charge in [0.2, 0.25) is 0 Å². The number of likely N-dealkylation sites (tertiary alicyclic amines) is 1. The minimum Gasteiger partial charge on any atom is -0.468 e. The van der Waals surface area contributed by atoms with E-state index in [1.165, 1.54) is 7.11 Å². The first-order chi connectivity index (χ1) is 9.68. The van der Waals surface area contributed by atoms with Gasteiger partial charge in [-0.1, -0.05) is 0 Å². The van der Waals surface area contributed by atoms with Gasteiger partial charge < -0.3 is 20.1 Å². The number of piperidine rings is 1. The highest BCUT2D eigenvalue weighted by Gasteiger charge is 2.55. The third kappa shape index (κ3) is 3.48. The van der Waals surface area contributed by atoms with E-state index < -0.39 is 11.6 Å². The van der Waals surface area contributed by atoms with Crippen LogP contribution in [-0.2, 0) is 14.3 Å². The van der Waals surface area contributed by atoms with Gasteiger partial charge in [0.1, 0.15) is 11.6 Å². The Morgan fingerprint density at radius 1 is 1.33 bits per heavy atom. The van der Waals surface area contributed by atoms with Crippen molar-refractivity contribution in [2.45, 2.75) is 63.6 Å².